The van der Waals surface area contributed by atoms with Crippen LogP contribution in [0.15, 0.2) is 48.5 Å². The molecule has 2 N–H and O–H groups in total. The van der Waals surface area contributed by atoms with Gasteiger partial charge in [-0.2, -0.15) is 5.26 Å². The van der Waals surface area contributed by atoms with Gasteiger partial charge in [-0.05, 0) is 41.7 Å². The summed E-state index contributed by atoms with van der Waals surface area (Å²) in [5.74, 6) is 0. The molecule has 1 saturated heterocycles. The predicted octanol–water partition coefficient (Wildman–Crippen LogP) is 4.21. The van der Waals surface area contributed by atoms with Crippen molar-refractivity contribution in [1.29, 1.82) is 5.26 Å². The van der Waals surface area contributed by atoms with E-state index in [9.17, 15) is 0 Å². The number of rotatable bonds is 4. The first-order valence-corrected chi connectivity index (χ1v) is 8.69. The van der Waals surface area contributed by atoms with Crippen LogP contribution < -0.4 is 5.73 Å². The highest BCUT2D eigenvalue weighted by molar-refractivity contribution is 6.30. The van der Waals surface area contributed by atoms with Crippen LogP contribution in [-0.4, -0.2) is 23.5 Å². The first-order valence-electron chi connectivity index (χ1n) is 8.31. The molecule has 0 amide bonds. The van der Waals surface area contributed by atoms with Crippen LogP contribution in [0.4, 0.5) is 0 Å². The molecule has 1 aliphatic rings. The fraction of sp³-hybridized carbons (Fsp3) is 0.350. The quantitative estimate of drug-likeness (QED) is 0.907. The SMILES string of the molecule is N#CCC1(N)CCN(Cc2ccc(-c3ccc(Cl)cc3)cc2)CC1. The van der Waals surface area contributed by atoms with E-state index in [0.29, 0.717) is 6.42 Å². The summed E-state index contributed by atoms with van der Waals surface area (Å²) in [7, 11) is 0. The summed E-state index contributed by atoms with van der Waals surface area (Å²) in [5.41, 5.74) is 9.65. The van der Waals surface area contributed by atoms with Crippen molar-refractivity contribution in [3.63, 3.8) is 0 Å². The summed E-state index contributed by atoms with van der Waals surface area (Å²) >= 11 is 5.94. The van der Waals surface area contributed by atoms with Gasteiger partial charge in [0.25, 0.3) is 0 Å². The standard InChI is InChI=1S/C20H22ClN3/c21-19-7-5-18(6-8-19)17-3-1-16(2-4-17)15-24-13-10-20(23,9-12-22)11-14-24/h1-8H,9-11,13-15,23H2. The van der Waals surface area contributed by atoms with E-state index in [1.54, 1.807) is 0 Å². The van der Waals surface area contributed by atoms with E-state index in [1.165, 1.54) is 16.7 Å². The van der Waals surface area contributed by atoms with Crippen LogP contribution in [0.25, 0.3) is 11.1 Å². The number of nitrogens with zero attached hydrogens (tertiary/aromatic N) is 2. The molecule has 0 saturated carbocycles. The molecule has 3 rings (SSSR count). The van der Waals surface area contributed by atoms with Crippen molar-refractivity contribution in [2.45, 2.75) is 31.3 Å². The Hall–Kier alpha value is -1.86. The minimum Gasteiger partial charge on any atom is -0.324 e. The lowest BCUT2D eigenvalue weighted by molar-refractivity contribution is 0.157. The Morgan fingerprint density at radius 2 is 1.54 bits per heavy atom. The van der Waals surface area contributed by atoms with Crippen molar-refractivity contribution >= 4 is 11.6 Å². The number of nitrogens with two attached hydrogens (primary N) is 1. The predicted molar refractivity (Wildman–Crippen MR) is 98.5 cm³/mol. The number of halogens is 1. The van der Waals surface area contributed by atoms with Gasteiger partial charge in [0.1, 0.15) is 0 Å². The van der Waals surface area contributed by atoms with Crippen LogP contribution in [0.3, 0.4) is 0 Å². The fourth-order valence-corrected chi connectivity index (χ4v) is 3.32. The first kappa shape index (κ1) is 17.0. The molecular weight excluding hydrogens is 318 g/mol. The Morgan fingerprint density at radius 1 is 1.00 bits per heavy atom. The zero-order valence-electron chi connectivity index (χ0n) is 13.7. The van der Waals surface area contributed by atoms with Crippen molar-refractivity contribution < 1.29 is 0 Å². The normalized spacial score (nSPS) is 17.4. The van der Waals surface area contributed by atoms with Gasteiger partial charge in [0.05, 0.1) is 12.5 Å². The Morgan fingerprint density at radius 3 is 2.08 bits per heavy atom. The number of nitriles is 1. The highest BCUT2D eigenvalue weighted by atomic mass is 35.5. The van der Waals surface area contributed by atoms with Gasteiger partial charge in [-0.1, -0.05) is 48.0 Å². The van der Waals surface area contributed by atoms with Crippen LogP contribution in [0.5, 0.6) is 0 Å². The van der Waals surface area contributed by atoms with Gasteiger partial charge >= 0.3 is 0 Å². The molecule has 0 atom stereocenters. The maximum absolute atomic E-state index is 8.87. The van der Waals surface area contributed by atoms with Crippen molar-refractivity contribution in [3.8, 4) is 17.2 Å². The van der Waals surface area contributed by atoms with Crippen LogP contribution >= 0.6 is 11.6 Å². The lowest BCUT2D eigenvalue weighted by Gasteiger charge is -2.37. The minimum atomic E-state index is -0.288. The second-order valence-corrected chi connectivity index (χ2v) is 7.11. The summed E-state index contributed by atoms with van der Waals surface area (Å²) in [6, 6.07) is 18.8. The van der Waals surface area contributed by atoms with Gasteiger partial charge in [-0.3, -0.25) is 4.90 Å². The Balaban J connectivity index is 1.59. The largest absolute Gasteiger partial charge is 0.324 e. The average molecular weight is 340 g/mol. The summed E-state index contributed by atoms with van der Waals surface area (Å²) in [6.45, 7) is 2.85. The fourth-order valence-electron chi connectivity index (χ4n) is 3.19. The van der Waals surface area contributed by atoms with E-state index in [2.05, 4.69) is 35.2 Å². The third kappa shape index (κ3) is 4.15. The van der Waals surface area contributed by atoms with E-state index in [0.717, 1.165) is 37.5 Å². The van der Waals surface area contributed by atoms with Gasteiger partial charge < -0.3 is 5.73 Å². The molecule has 0 aromatic heterocycles. The molecule has 124 valence electrons. The monoisotopic (exact) mass is 339 g/mol. The molecule has 0 unspecified atom stereocenters. The summed E-state index contributed by atoms with van der Waals surface area (Å²) < 4.78 is 0. The topological polar surface area (TPSA) is 53.1 Å². The number of benzene rings is 2. The summed E-state index contributed by atoms with van der Waals surface area (Å²) in [6.07, 6.45) is 2.24. The summed E-state index contributed by atoms with van der Waals surface area (Å²) in [4.78, 5) is 2.42. The van der Waals surface area contributed by atoms with Gasteiger partial charge in [0.15, 0.2) is 0 Å². The smallest absolute Gasteiger partial charge is 0.0641 e. The van der Waals surface area contributed by atoms with Crippen molar-refractivity contribution in [1.82, 2.24) is 4.90 Å². The third-order valence-corrected chi connectivity index (χ3v) is 5.07. The van der Waals surface area contributed by atoms with Crippen LogP contribution in [-0.2, 0) is 6.54 Å². The zero-order chi connectivity index (χ0) is 17.0. The van der Waals surface area contributed by atoms with E-state index in [1.807, 2.05) is 24.3 Å². The van der Waals surface area contributed by atoms with Crippen LogP contribution in [0.2, 0.25) is 5.02 Å². The van der Waals surface area contributed by atoms with Crippen LogP contribution in [0, 0.1) is 11.3 Å². The highest BCUT2D eigenvalue weighted by Gasteiger charge is 2.30. The van der Waals surface area contributed by atoms with E-state index >= 15 is 0 Å². The zero-order valence-corrected chi connectivity index (χ0v) is 14.5. The molecule has 1 fully saturated rings. The molecule has 0 radical (unpaired) electrons. The molecule has 0 bridgehead atoms. The highest BCUT2D eigenvalue weighted by Crippen LogP contribution is 2.25. The third-order valence-electron chi connectivity index (χ3n) is 4.82. The van der Waals surface area contributed by atoms with Gasteiger partial charge in [-0.25, -0.2) is 0 Å². The Kier molecular flexibility index (Phi) is 5.20. The van der Waals surface area contributed by atoms with Gasteiger partial charge in [-0.15, -0.1) is 0 Å². The van der Waals surface area contributed by atoms with E-state index in [4.69, 9.17) is 22.6 Å². The molecule has 4 heteroatoms. The van der Waals surface area contributed by atoms with E-state index in [-0.39, 0.29) is 5.54 Å². The number of hydrogen-bond acceptors (Lipinski definition) is 3. The second-order valence-electron chi connectivity index (χ2n) is 6.68. The Labute approximate surface area is 148 Å². The van der Waals surface area contributed by atoms with E-state index < -0.39 is 0 Å². The lowest BCUT2D eigenvalue weighted by Crippen LogP contribution is -2.49. The van der Waals surface area contributed by atoms with Crippen molar-refractivity contribution in [3.05, 3.63) is 59.1 Å². The molecule has 1 aliphatic heterocycles. The molecule has 0 aliphatic carbocycles. The lowest BCUT2D eigenvalue weighted by atomic mass is 9.86. The van der Waals surface area contributed by atoms with Crippen LogP contribution in [0.1, 0.15) is 24.8 Å². The minimum absolute atomic E-state index is 0.288. The Bertz CT molecular complexity index is 708. The van der Waals surface area contributed by atoms with Crippen molar-refractivity contribution in [2.75, 3.05) is 13.1 Å². The molecule has 2 aromatic rings. The maximum Gasteiger partial charge on any atom is 0.0641 e. The molecule has 1 heterocycles. The second kappa shape index (κ2) is 7.36. The molecule has 0 spiro atoms. The molecule has 2 aromatic carbocycles. The molecule has 24 heavy (non-hydrogen) atoms. The maximum atomic E-state index is 8.87. The number of hydrogen-bond donors (Lipinski definition) is 1. The first-order chi connectivity index (χ1) is 11.6. The van der Waals surface area contributed by atoms with Gasteiger partial charge in [0.2, 0.25) is 0 Å². The number of likely N-dealkylation sites (tertiary alicyclic amines) is 1. The van der Waals surface area contributed by atoms with Crippen molar-refractivity contribution in [2.24, 2.45) is 5.73 Å². The molecular formula is C20H22ClN3. The number of piperidine rings is 1. The summed E-state index contributed by atoms with van der Waals surface area (Å²) in [5, 5.41) is 9.63. The average Bonchev–Trinajstić information content (AvgIpc) is 2.59. The van der Waals surface area contributed by atoms with Gasteiger partial charge in [0, 0.05) is 30.2 Å². The molecule has 3 nitrogen and oxygen atoms in total.